The van der Waals surface area contributed by atoms with Crippen LogP contribution in [0, 0.1) is 5.92 Å². The molecule has 1 heterocycles. The molecule has 0 radical (unpaired) electrons. The molecule has 2 aliphatic rings. The number of nitrogens with zero attached hydrogens (tertiary/aromatic N) is 2. The number of halogens is 1. The molecule has 0 bridgehead atoms. The Morgan fingerprint density at radius 1 is 1.29 bits per heavy atom. The minimum absolute atomic E-state index is 0.00969. The van der Waals surface area contributed by atoms with Crippen LogP contribution >= 0.6 is 0 Å². The Bertz CT molecular complexity index is 1310. The summed E-state index contributed by atoms with van der Waals surface area (Å²) in [6.45, 7) is 2.03. The van der Waals surface area contributed by atoms with Gasteiger partial charge in [0.2, 0.25) is 0 Å². The number of nitrogens with one attached hydrogen (secondary N) is 1. The lowest BCUT2D eigenvalue weighted by molar-refractivity contribution is -0.150. The summed E-state index contributed by atoms with van der Waals surface area (Å²) in [5.74, 6) is -1.21. The van der Waals surface area contributed by atoms with Crippen LogP contribution in [0.3, 0.4) is 0 Å². The lowest BCUT2D eigenvalue weighted by Gasteiger charge is -2.37. The summed E-state index contributed by atoms with van der Waals surface area (Å²) in [5.41, 5.74) is 4.74. The highest BCUT2D eigenvalue weighted by Crippen LogP contribution is 2.39. The number of methoxy groups -OCH3 is 2. The van der Waals surface area contributed by atoms with E-state index in [1.165, 1.54) is 43.2 Å². The van der Waals surface area contributed by atoms with Crippen molar-refractivity contribution in [3.63, 3.8) is 0 Å². The van der Waals surface area contributed by atoms with Gasteiger partial charge in [-0.05, 0) is 60.6 Å². The molecule has 8 nitrogen and oxygen atoms in total. The number of ether oxygens (including phenoxy) is 2. The Hall–Kier alpha value is -4.06. The first-order chi connectivity index (χ1) is 16.8. The normalized spacial score (nSPS) is 21.2. The van der Waals surface area contributed by atoms with E-state index in [1.807, 2.05) is 6.92 Å². The van der Waals surface area contributed by atoms with Crippen LogP contribution < -0.4 is 10.1 Å². The predicted molar refractivity (Wildman–Crippen MR) is 126 cm³/mol. The molecule has 9 heteroatoms. The smallest absolute Gasteiger partial charge is 0.331 e. The van der Waals surface area contributed by atoms with Gasteiger partial charge in [-0.25, -0.2) is 9.48 Å². The second-order valence-electron chi connectivity index (χ2n) is 8.73. The van der Waals surface area contributed by atoms with Crippen molar-refractivity contribution in [2.75, 3.05) is 14.2 Å². The maximum atomic E-state index is 13.5. The van der Waals surface area contributed by atoms with Gasteiger partial charge in [0.1, 0.15) is 22.7 Å². The Morgan fingerprint density at radius 3 is 2.74 bits per heavy atom. The van der Waals surface area contributed by atoms with E-state index in [2.05, 4.69) is 21.9 Å². The molecule has 1 aromatic carbocycles. The predicted octanol–water partition coefficient (Wildman–Crippen LogP) is 4.13. The highest BCUT2D eigenvalue weighted by molar-refractivity contribution is 5.98. The minimum atomic E-state index is -1.16. The van der Waals surface area contributed by atoms with Crippen molar-refractivity contribution < 1.29 is 28.6 Å². The largest absolute Gasteiger partial charge is 0.507 e. The van der Waals surface area contributed by atoms with Gasteiger partial charge >= 0.3 is 5.97 Å². The number of phenolic OH excluding ortho intramolecular Hbond substituents is 1. The van der Waals surface area contributed by atoms with Crippen molar-refractivity contribution in [2.24, 2.45) is 5.92 Å². The van der Waals surface area contributed by atoms with Gasteiger partial charge in [0.05, 0.1) is 25.5 Å². The Kier molecular flexibility index (Phi) is 6.65. The van der Waals surface area contributed by atoms with Crippen LogP contribution in [0.4, 0.5) is 4.39 Å². The molecule has 35 heavy (non-hydrogen) atoms. The standard InChI is InChI=1S/C26H26FN3O5/c1-16-6-5-13-26(15-16,25(33)35-3)28-24(32)19-14-20(23-21(31)7-4-8-22(23)34-2)30(29-19)18-11-9-17(27)10-12-18/h4,7-9,11,14,16,31H,5-6,13,15H2,1-3H3,(H,28,32). The average molecular weight is 480 g/mol. The average Bonchev–Trinajstić information content (AvgIpc) is 3.28. The summed E-state index contributed by atoms with van der Waals surface area (Å²) >= 11 is 0. The topological polar surface area (TPSA) is 103 Å². The second-order valence-corrected chi connectivity index (χ2v) is 8.73. The number of carbonyl (C=O) groups is 2. The molecule has 2 N–H and O–H groups in total. The number of hydrogen-bond donors (Lipinski definition) is 2. The summed E-state index contributed by atoms with van der Waals surface area (Å²) < 4.78 is 25.3. The van der Waals surface area contributed by atoms with Crippen molar-refractivity contribution in [2.45, 2.75) is 38.1 Å². The number of carbonyl (C=O) groups excluding carboxylic acids is 2. The third-order valence-electron chi connectivity index (χ3n) is 6.27. The number of esters is 1. The Morgan fingerprint density at radius 2 is 2.09 bits per heavy atom. The first-order valence-corrected chi connectivity index (χ1v) is 11.2. The van der Waals surface area contributed by atoms with Gasteiger partial charge in [-0.3, -0.25) is 4.79 Å². The molecule has 4 rings (SSSR count). The number of allylic oxidation sites excluding steroid dienone is 4. The van der Waals surface area contributed by atoms with Gasteiger partial charge in [-0.1, -0.05) is 25.8 Å². The van der Waals surface area contributed by atoms with E-state index >= 15 is 0 Å². The highest BCUT2D eigenvalue weighted by Gasteiger charge is 2.44. The molecule has 0 aliphatic heterocycles. The van der Waals surface area contributed by atoms with Gasteiger partial charge in [-0.15, -0.1) is 0 Å². The molecule has 2 aromatic rings. The third kappa shape index (κ3) is 4.64. The van der Waals surface area contributed by atoms with Crippen LogP contribution in [0.5, 0.6) is 11.5 Å². The van der Waals surface area contributed by atoms with E-state index in [9.17, 15) is 19.1 Å². The fourth-order valence-electron chi connectivity index (χ4n) is 4.66. The highest BCUT2D eigenvalue weighted by atomic mass is 19.1. The zero-order valence-corrected chi connectivity index (χ0v) is 19.7. The van der Waals surface area contributed by atoms with Gasteiger partial charge in [0.25, 0.3) is 5.91 Å². The lowest BCUT2D eigenvalue weighted by atomic mass is 9.76. The Balaban J connectivity index is 1.82. The van der Waals surface area contributed by atoms with Crippen molar-refractivity contribution >= 4 is 17.6 Å². The molecule has 1 amide bonds. The van der Waals surface area contributed by atoms with Crippen LogP contribution in [-0.2, 0) is 9.53 Å². The second kappa shape index (κ2) is 9.66. The van der Waals surface area contributed by atoms with Gasteiger partial charge in [0.15, 0.2) is 11.5 Å². The van der Waals surface area contributed by atoms with Crippen molar-refractivity contribution in [1.29, 1.82) is 0 Å². The summed E-state index contributed by atoms with van der Waals surface area (Å²) in [6.07, 6.45) is 5.25. The summed E-state index contributed by atoms with van der Waals surface area (Å²) in [5, 5.41) is 17.9. The van der Waals surface area contributed by atoms with Crippen LogP contribution in [0.15, 0.2) is 53.7 Å². The van der Waals surface area contributed by atoms with Gasteiger partial charge in [-0.2, -0.15) is 9.49 Å². The maximum Gasteiger partial charge on any atom is 0.331 e. The first kappa shape index (κ1) is 24.1. The van der Waals surface area contributed by atoms with E-state index in [4.69, 9.17) is 9.47 Å². The lowest BCUT2D eigenvalue weighted by Crippen LogP contribution is -2.57. The summed E-state index contributed by atoms with van der Waals surface area (Å²) in [4.78, 5) is 26.1. The third-order valence-corrected chi connectivity index (χ3v) is 6.27. The summed E-state index contributed by atoms with van der Waals surface area (Å²) in [6, 6.07) is 6.23. The molecule has 0 saturated heterocycles. The van der Waals surface area contributed by atoms with E-state index in [0.29, 0.717) is 30.0 Å². The van der Waals surface area contributed by atoms with E-state index in [-0.39, 0.29) is 22.9 Å². The van der Waals surface area contributed by atoms with Crippen molar-refractivity contribution in [3.8, 4) is 22.8 Å². The molecule has 1 aromatic heterocycles. The fraction of sp³-hybridized carbons (Fsp3) is 0.346. The zero-order chi connectivity index (χ0) is 25.2. The van der Waals surface area contributed by atoms with Crippen LogP contribution in [-0.4, -0.2) is 46.5 Å². The minimum Gasteiger partial charge on any atom is -0.507 e. The molecule has 0 spiro atoms. The molecule has 2 unspecified atom stereocenters. The number of amides is 1. The number of aromatic hydroxyl groups is 1. The molecular formula is C26H26FN3O5. The van der Waals surface area contributed by atoms with E-state index in [0.717, 1.165) is 12.8 Å². The first-order valence-electron chi connectivity index (χ1n) is 11.2. The number of benzene rings is 1. The molecule has 182 valence electrons. The summed E-state index contributed by atoms with van der Waals surface area (Å²) in [7, 11) is 2.75. The van der Waals surface area contributed by atoms with Crippen molar-refractivity contribution in [3.05, 3.63) is 59.4 Å². The zero-order valence-electron chi connectivity index (χ0n) is 19.7. The SMILES string of the molecule is COC(=O)C1(NC(=O)c2cc(-c3c(O)cccc3OC)n(C3=C=C=C(F)C=C3)n2)CCCC(C)C1. The molecule has 2 aliphatic carbocycles. The monoisotopic (exact) mass is 479 g/mol. The number of aromatic nitrogens is 2. The van der Waals surface area contributed by atoms with Gasteiger partial charge < -0.3 is 19.9 Å². The van der Waals surface area contributed by atoms with Crippen LogP contribution in [0.1, 0.15) is 43.1 Å². The van der Waals surface area contributed by atoms with Crippen LogP contribution in [0.2, 0.25) is 0 Å². The van der Waals surface area contributed by atoms with Crippen molar-refractivity contribution in [1.82, 2.24) is 15.1 Å². The number of rotatable bonds is 6. The maximum absolute atomic E-state index is 13.5. The van der Waals surface area contributed by atoms with E-state index in [1.54, 1.807) is 12.1 Å². The molecule has 1 saturated carbocycles. The quantitative estimate of drug-likeness (QED) is 0.477. The molecular weight excluding hydrogens is 453 g/mol. The van der Waals surface area contributed by atoms with Crippen LogP contribution in [0.25, 0.3) is 17.0 Å². The fourth-order valence-corrected chi connectivity index (χ4v) is 4.66. The number of phenols is 1. The molecule has 2 atom stereocenters. The van der Waals surface area contributed by atoms with E-state index < -0.39 is 23.2 Å². The van der Waals surface area contributed by atoms with Gasteiger partial charge in [0, 0.05) is 0 Å². The number of hydrogen-bond acceptors (Lipinski definition) is 6. The Labute approximate surface area is 202 Å². The molecule has 1 fully saturated rings.